The Labute approximate surface area is 170 Å². The fourth-order valence-electron chi connectivity index (χ4n) is 3.14. The van der Waals surface area contributed by atoms with Crippen LogP contribution in [0.4, 0.5) is 11.4 Å². The van der Waals surface area contributed by atoms with Gasteiger partial charge in [0.25, 0.3) is 5.91 Å². The minimum Gasteiger partial charge on any atom is -0.497 e. The number of hydrogen-bond acceptors (Lipinski definition) is 3. The number of nitrogens with one attached hydrogen (secondary N) is 2. The lowest BCUT2D eigenvalue weighted by Gasteiger charge is -2.17. The van der Waals surface area contributed by atoms with Crippen molar-refractivity contribution in [3.63, 3.8) is 0 Å². The molecule has 1 atom stereocenters. The van der Waals surface area contributed by atoms with Crippen molar-refractivity contribution in [3.05, 3.63) is 90.0 Å². The standard InChI is InChI=1S/C24H24N2O3/c1-3-20(17-9-5-4-6-10-17)23(27)26-22-12-8-7-11-21(22)24(28)25-18-13-15-19(29-2)16-14-18/h4-16,20H,3H2,1-2H3,(H,25,28)(H,26,27)/t20-/m0/s1. The molecule has 0 heterocycles. The molecule has 5 heteroatoms. The van der Waals surface area contributed by atoms with Gasteiger partial charge in [-0.25, -0.2) is 0 Å². The molecule has 0 saturated heterocycles. The van der Waals surface area contributed by atoms with Gasteiger partial charge in [-0.3, -0.25) is 9.59 Å². The van der Waals surface area contributed by atoms with E-state index >= 15 is 0 Å². The zero-order valence-electron chi connectivity index (χ0n) is 16.5. The molecule has 3 aromatic carbocycles. The van der Waals surface area contributed by atoms with Gasteiger partial charge < -0.3 is 15.4 Å². The first kappa shape index (κ1) is 20.1. The summed E-state index contributed by atoms with van der Waals surface area (Å²) in [6.07, 6.45) is 0.663. The van der Waals surface area contributed by atoms with Crippen molar-refractivity contribution in [1.29, 1.82) is 0 Å². The SMILES string of the molecule is CC[C@H](C(=O)Nc1ccccc1C(=O)Nc1ccc(OC)cc1)c1ccccc1. The molecule has 148 valence electrons. The predicted molar refractivity (Wildman–Crippen MR) is 115 cm³/mol. The molecule has 0 aromatic heterocycles. The number of amides is 2. The minimum atomic E-state index is -0.293. The normalized spacial score (nSPS) is 11.4. The Morgan fingerprint density at radius 2 is 1.52 bits per heavy atom. The molecular weight excluding hydrogens is 364 g/mol. The van der Waals surface area contributed by atoms with Gasteiger partial charge in [-0.1, -0.05) is 49.4 Å². The Morgan fingerprint density at radius 1 is 0.862 bits per heavy atom. The van der Waals surface area contributed by atoms with Gasteiger partial charge in [0, 0.05) is 5.69 Å². The van der Waals surface area contributed by atoms with Crippen LogP contribution in [-0.2, 0) is 4.79 Å². The molecular formula is C24H24N2O3. The van der Waals surface area contributed by atoms with Crippen molar-refractivity contribution in [2.24, 2.45) is 0 Å². The van der Waals surface area contributed by atoms with Gasteiger partial charge >= 0.3 is 0 Å². The molecule has 2 N–H and O–H groups in total. The first-order valence-corrected chi connectivity index (χ1v) is 9.52. The molecule has 29 heavy (non-hydrogen) atoms. The fraction of sp³-hybridized carbons (Fsp3) is 0.167. The lowest BCUT2D eigenvalue weighted by atomic mass is 9.95. The van der Waals surface area contributed by atoms with Gasteiger partial charge in [-0.15, -0.1) is 0 Å². The number of ether oxygens (including phenoxy) is 1. The lowest BCUT2D eigenvalue weighted by Crippen LogP contribution is -2.23. The maximum atomic E-state index is 12.9. The smallest absolute Gasteiger partial charge is 0.257 e. The highest BCUT2D eigenvalue weighted by Gasteiger charge is 2.20. The van der Waals surface area contributed by atoms with Crippen molar-refractivity contribution in [3.8, 4) is 5.75 Å². The highest BCUT2D eigenvalue weighted by atomic mass is 16.5. The van der Waals surface area contributed by atoms with Crippen LogP contribution in [0.2, 0.25) is 0 Å². The highest BCUT2D eigenvalue weighted by Crippen LogP contribution is 2.24. The van der Waals surface area contributed by atoms with Crippen molar-refractivity contribution in [2.45, 2.75) is 19.3 Å². The summed E-state index contributed by atoms with van der Waals surface area (Å²) in [7, 11) is 1.59. The molecule has 0 fully saturated rings. The summed E-state index contributed by atoms with van der Waals surface area (Å²) in [4.78, 5) is 25.7. The summed E-state index contributed by atoms with van der Waals surface area (Å²) >= 11 is 0. The molecule has 0 unspecified atom stereocenters. The van der Waals surface area contributed by atoms with E-state index in [-0.39, 0.29) is 17.7 Å². The average Bonchev–Trinajstić information content (AvgIpc) is 2.76. The molecule has 0 aliphatic carbocycles. The zero-order chi connectivity index (χ0) is 20.6. The molecule has 3 aromatic rings. The van der Waals surface area contributed by atoms with Gasteiger partial charge in [0.05, 0.1) is 24.3 Å². The summed E-state index contributed by atoms with van der Waals surface area (Å²) in [5.41, 5.74) is 2.48. The van der Waals surface area contributed by atoms with E-state index in [2.05, 4.69) is 10.6 Å². The Balaban J connectivity index is 1.77. The highest BCUT2D eigenvalue weighted by molar-refractivity contribution is 6.10. The number of methoxy groups -OCH3 is 1. The molecule has 0 saturated carbocycles. The number of rotatable bonds is 7. The van der Waals surface area contributed by atoms with Crippen LogP contribution in [0.3, 0.4) is 0 Å². The largest absolute Gasteiger partial charge is 0.497 e. The van der Waals surface area contributed by atoms with Gasteiger partial charge in [0.1, 0.15) is 5.75 Å². The van der Waals surface area contributed by atoms with Crippen LogP contribution in [0.1, 0.15) is 35.2 Å². The Hall–Kier alpha value is -3.60. The van der Waals surface area contributed by atoms with Gasteiger partial charge in [-0.2, -0.15) is 0 Å². The number of anilines is 2. The maximum Gasteiger partial charge on any atom is 0.257 e. The van der Waals surface area contributed by atoms with Crippen LogP contribution >= 0.6 is 0 Å². The van der Waals surface area contributed by atoms with Crippen LogP contribution in [-0.4, -0.2) is 18.9 Å². The second-order valence-corrected chi connectivity index (χ2v) is 6.59. The Bertz CT molecular complexity index is 969. The minimum absolute atomic E-state index is 0.136. The molecule has 0 spiro atoms. The second-order valence-electron chi connectivity index (χ2n) is 6.59. The first-order valence-electron chi connectivity index (χ1n) is 9.52. The number of benzene rings is 3. The van der Waals surface area contributed by atoms with E-state index in [1.165, 1.54) is 0 Å². The van der Waals surface area contributed by atoms with Crippen LogP contribution in [0.5, 0.6) is 5.75 Å². The maximum absolute atomic E-state index is 12.9. The van der Waals surface area contributed by atoms with Crippen LogP contribution in [0.15, 0.2) is 78.9 Å². The predicted octanol–water partition coefficient (Wildman–Crippen LogP) is 5.08. The van der Waals surface area contributed by atoms with Crippen molar-refractivity contribution in [2.75, 3.05) is 17.7 Å². The Morgan fingerprint density at radius 3 is 2.17 bits per heavy atom. The third-order valence-electron chi connectivity index (χ3n) is 4.70. The molecule has 0 aliphatic heterocycles. The Kier molecular flexibility index (Phi) is 6.63. The van der Waals surface area contributed by atoms with E-state index < -0.39 is 0 Å². The quantitative estimate of drug-likeness (QED) is 0.593. The third-order valence-corrected chi connectivity index (χ3v) is 4.70. The van der Waals surface area contributed by atoms with Crippen LogP contribution in [0, 0.1) is 0 Å². The van der Waals surface area contributed by atoms with E-state index in [1.54, 1.807) is 55.6 Å². The van der Waals surface area contributed by atoms with Crippen molar-refractivity contribution in [1.82, 2.24) is 0 Å². The first-order chi connectivity index (χ1) is 14.1. The van der Waals surface area contributed by atoms with Crippen molar-refractivity contribution < 1.29 is 14.3 Å². The number of hydrogen-bond donors (Lipinski definition) is 2. The van der Waals surface area contributed by atoms with E-state index in [1.807, 2.05) is 37.3 Å². The zero-order valence-corrected chi connectivity index (χ0v) is 16.5. The number of carbonyl (C=O) groups is 2. The number of carbonyl (C=O) groups excluding carboxylic acids is 2. The van der Waals surface area contributed by atoms with E-state index in [0.717, 1.165) is 5.56 Å². The average molecular weight is 388 g/mol. The lowest BCUT2D eigenvalue weighted by molar-refractivity contribution is -0.117. The molecule has 0 bridgehead atoms. The summed E-state index contributed by atoms with van der Waals surface area (Å²) in [6.45, 7) is 1.97. The summed E-state index contributed by atoms with van der Waals surface area (Å²) in [6, 6.07) is 23.7. The molecule has 0 radical (unpaired) electrons. The second kappa shape index (κ2) is 9.55. The summed E-state index contributed by atoms with van der Waals surface area (Å²) in [5.74, 6) is -0.00156. The molecule has 2 amide bonds. The molecule has 0 aliphatic rings. The summed E-state index contributed by atoms with van der Waals surface area (Å²) < 4.78 is 5.13. The molecule has 5 nitrogen and oxygen atoms in total. The molecule has 3 rings (SSSR count). The summed E-state index contributed by atoms with van der Waals surface area (Å²) in [5, 5.41) is 5.78. The van der Waals surface area contributed by atoms with E-state index in [9.17, 15) is 9.59 Å². The van der Waals surface area contributed by atoms with Crippen LogP contribution < -0.4 is 15.4 Å². The van der Waals surface area contributed by atoms with E-state index in [0.29, 0.717) is 29.1 Å². The van der Waals surface area contributed by atoms with Gasteiger partial charge in [-0.05, 0) is 48.4 Å². The monoisotopic (exact) mass is 388 g/mol. The third kappa shape index (κ3) is 5.02. The van der Waals surface area contributed by atoms with Crippen LogP contribution in [0.25, 0.3) is 0 Å². The van der Waals surface area contributed by atoms with E-state index in [4.69, 9.17) is 4.74 Å². The van der Waals surface area contributed by atoms with Crippen molar-refractivity contribution >= 4 is 23.2 Å². The fourth-order valence-corrected chi connectivity index (χ4v) is 3.14. The van der Waals surface area contributed by atoms with Gasteiger partial charge in [0.2, 0.25) is 5.91 Å². The van der Waals surface area contributed by atoms with Gasteiger partial charge in [0.15, 0.2) is 0 Å². The topological polar surface area (TPSA) is 67.4 Å². The number of para-hydroxylation sites is 1.